The van der Waals surface area contributed by atoms with Crippen LogP contribution < -0.4 is 4.90 Å². The first-order valence-corrected chi connectivity index (χ1v) is 19.4. The van der Waals surface area contributed by atoms with Crippen LogP contribution in [0.4, 0.5) is 17.1 Å². The van der Waals surface area contributed by atoms with Crippen LogP contribution in [0.15, 0.2) is 223 Å². The van der Waals surface area contributed by atoms with Crippen molar-refractivity contribution < 1.29 is 4.42 Å². The Bertz CT molecular complexity index is 3200. The second-order valence-corrected chi connectivity index (χ2v) is 14.5. The van der Waals surface area contributed by atoms with Crippen LogP contribution >= 0.6 is 0 Å². The molecule has 0 atom stereocenters. The Hall–Kier alpha value is -7.62. The zero-order valence-electron chi connectivity index (χ0n) is 31.1. The highest BCUT2D eigenvalue weighted by Gasteiger charge is 2.19. The fraction of sp³-hybridized carbons (Fsp3) is 0. The molecule has 0 fully saturated rings. The molecule has 0 spiro atoms. The van der Waals surface area contributed by atoms with Gasteiger partial charge in [-0.25, -0.2) is 0 Å². The second kappa shape index (κ2) is 13.6. The van der Waals surface area contributed by atoms with Crippen molar-refractivity contribution >= 4 is 60.8 Å². The van der Waals surface area contributed by atoms with Crippen molar-refractivity contribution in [1.29, 1.82) is 0 Å². The van der Waals surface area contributed by atoms with Crippen molar-refractivity contribution in [2.75, 3.05) is 4.90 Å². The van der Waals surface area contributed by atoms with Crippen molar-refractivity contribution in [2.24, 2.45) is 0 Å². The zero-order chi connectivity index (χ0) is 37.7. The molecule has 0 aliphatic rings. The van der Waals surface area contributed by atoms with Gasteiger partial charge in [-0.3, -0.25) is 0 Å². The Labute approximate surface area is 330 Å². The third-order valence-electron chi connectivity index (χ3n) is 11.2. The highest BCUT2D eigenvalue weighted by molar-refractivity contribution is 6.15. The number of hydrogen-bond acceptors (Lipinski definition) is 2. The number of fused-ring (bicyclic) bond motifs is 6. The molecule has 57 heavy (non-hydrogen) atoms. The number of nitrogens with zero attached hydrogens (tertiary/aromatic N) is 2. The fourth-order valence-corrected chi connectivity index (χ4v) is 8.52. The van der Waals surface area contributed by atoms with Crippen LogP contribution in [0.2, 0.25) is 0 Å². The van der Waals surface area contributed by atoms with E-state index in [1.807, 2.05) is 0 Å². The minimum absolute atomic E-state index is 0.894. The molecule has 0 bridgehead atoms. The molecule has 3 heteroatoms. The van der Waals surface area contributed by atoms with E-state index in [1.54, 1.807) is 0 Å². The van der Waals surface area contributed by atoms with Crippen LogP contribution in [0.25, 0.3) is 82.8 Å². The van der Waals surface area contributed by atoms with E-state index in [2.05, 4.69) is 228 Å². The first-order chi connectivity index (χ1) is 28.3. The lowest BCUT2D eigenvalue weighted by Gasteiger charge is -2.26. The number of para-hydroxylation sites is 5. The molecule has 0 N–H and O–H groups in total. The normalized spacial score (nSPS) is 11.5. The topological polar surface area (TPSA) is 21.3 Å². The maximum atomic E-state index is 6.95. The summed E-state index contributed by atoms with van der Waals surface area (Å²) in [5.41, 5.74) is 15.4. The molecule has 0 saturated heterocycles. The average Bonchev–Trinajstić information content (AvgIpc) is 3.84. The third kappa shape index (κ3) is 5.60. The lowest BCUT2D eigenvalue weighted by atomic mass is 9.99. The first kappa shape index (κ1) is 32.8. The van der Waals surface area contributed by atoms with E-state index in [0.29, 0.717) is 0 Å². The van der Waals surface area contributed by atoms with Gasteiger partial charge in [-0.1, -0.05) is 152 Å². The molecule has 2 heterocycles. The molecule has 0 saturated carbocycles. The number of anilines is 3. The van der Waals surface area contributed by atoms with Gasteiger partial charge >= 0.3 is 0 Å². The van der Waals surface area contributed by atoms with Crippen LogP contribution in [0.1, 0.15) is 0 Å². The Morgan fingerprint density at radius 1 is 0.316 bits per heavy atom. The molecule has 3 nitrogen and oxygen atoms in total. The van der Waals surface area contributed by atoms with Gasteiger partial charge in [0.1, 0.15) is 11.2 Å². The Morgan fingerprint density at radius 3 is 1.46 bits per heavy atom. The molecule has 0 unspecified atom stereocenters. The van der Waals surface area contributed by atoms with Crippen LogP contribution in [-0.2, 0) is 0 Å². The highest BCUT2D eigenvalue weighted by Crippen LogP contribution is 2.43. The van der Waals surface area contributed by atoms with Crippen molar-refractivity contribution in [1.82, 2.24) is 4.57 Å². The monoisotopic (exact) mass is 728 g/mol. The average molecular weight is 729 g/mol. The van der Waals surface area contributed by atoms with E-state index >= 15 is 0 Å². The van der Waals surface area contributed by atoms with Gasteiger partial charge in [0.15, 0.2) is 0 Å². The summed E-state index contributed by atoms with van der Waals surface area (Å²) in [6.45, 7) is 0. The molecule has 0 amide bonds. The summed E-state index contributed by atoms with van der Waals surface area (Å²) < 4.78 is 9.30. The van der Waals surface area contributed by atoms with Gasteiger partial charge in [-0.15, -0.1) is 0 Å². The summed E-state index contributed by atoms with van der Waals surface area (Å²) in [6, 6.07) is 77.8. The fourth-order valence-electron chi connectivity index (χ4n) is 8.52. The van der Waals surface area contributed by atoms with Crippen molar-refractivity contribution in [3.63, 3.8) is 0 Å². The summed E-state index contributed by atoms with van der Waals surface area (Å²) in [5.74, 6) is 0. The lowest BCUT2D eigenvalue weighted by Crippen LogP contribution is -2.09. The van der Waals surface area contributed by atoms with Crippen molar-refractivity contribution in [3.8, 4) is 39.1 Å². The zero-order valence-corrected chi connectivity index (χ0v) is 31.1. The SMILES string of the molecule is c1ccc(-c2ccc(N(c3ccccc3)c3ccc(-c4cccc5c4oc4c(-c6ccc7c(c6)c6ccccc6n7-c6ccccc6)cccc45)cc3)cc2)cc1. The summed E-state index contributed by atoms with van der Waals surface area (Å²) in [7, 11) is 0. The number of rotatable bonds is 7. The van der Waals surface area contributed by atoms with Gasteiger partial charge in [0.2, 0.25) is 0 Å². The molecular formula is C54H36N2O. The van der Waals surface area contributed by atoms with Crippen molar-refractivity contribution in [3.05, 3.63) is 218 Å². The summed E-state index contributed by atoms with van der Waals surface area (Å²) >= 11 is 0. The summed E-state index contributed by atoms with van der Waals surface area (Å²) in [6.07, 6.45) is 0. The van der Waals surface area contributed by atoms with E-state index in [1.165, 1.54) is 32.9 Å². The number of benzene rings is 9. The van der Waals surface area contributed by atoms with Crippen molar-refractivity contribution in [2.45, 2.75) is 0 Å². The summed E-state index contributed by atoms with van der Waals surface area (Å²) in [4.78, 5) is 2.31. The second-order valence-electron chi connectivity index (χ2n) is 14.5. The Kier molecular flexibility index (Phi) is 7.82. The summed E-state index contributed by atoms with van der Waals surface area (Å²) in [5, 5.41) is 4.68. The molecule has 0 aliphatic heterocycles. The minimum Gasteiger partial charge on any atom is -0.455 e. The van der Waals surface area contributed by atoms with E-state index in [9.17, 15) is 0 Å². The quantitative estimate of drug-likeness (QED) is 0.163. The molecule has 2 aromatic heterocycles. The van der Waals surface area contributed by atoms with E-state index in [-0.39, 0.29) is 0 Å². The lowest BCUT2D eigenvalue weighted by molar-refractivity contribution is 0.671. The van der Waals surface area contributed by atoms with Gasteiger partial charge in [0.25, 0.3) is 0 Å². The van der Waals surface area contributed by atoms with Gasteiger partial charge < -0.3 is 13.9 Å². The number of hydrogen-bond donors (Lipinski definition) is 0. The molecule has 11 aromatic rings. The predicted octanol–water partition coefficient (Wildman–Crippen LogP) is 15.2. The van der Waals surface area contributed by atoms with Crippen LogP contribution in [0.5, 0.6) is 0 Å². The first-order valence-electron chi connectivity index (χ1n) is 19.4. The largest absolute Gasteiger partial charge is 0.455 e. The van der Waals surface area contributed by atoms with Crippen LogP contribution in [0.3, 0.4) is 0 Å². The van der Waals surface area contributed by atoms with E-state index < -0.39 is 0 Å². The standard InChI is InChI=1S/C54H36N2O/c1-4-14-37(15-5-1)38-26-31-43(32-27-38)55(41-16-6-2-7-17-41)44-33-28-39(29-34-44)45-21-12-23-48-49-24-13-22-46(54(49)57-53(45)48)40-30-35-52-50(36-40)47-20-10-11-25-51(47)56(52)42-18-8-3-9-19-42/h1-36H. The van der Waals surface area contributed by atoms with Gasteiger partial charge in [0, 0.05) is 55.4 Å². The highest BCUT2D eigenvalue weighted by atomic mass is 16.3. The predicted molar refractivity (Wildman–Crippen MR) is 239 cm³/mol. The maximum absolute atomic E-state index is 6.95. The third-order valence-corrected chi connectivity index (χ3v) is 11.2. The van der Waals surface area contributed by atoms with Crippen LogP contribution in [0, 0.1) is 0 Å². The van der Waals surface area contributed by atoms with E-state index in [4.69, 9.17) is 4.42 Å². The molecule has 11 rings (SSSR count). The van der Waals surface area contributed by atoms with Gasteiger partial charge in [0.05, 0.1) is 11.0 Å². The molecule has 0 radical (unpaired) electrons. The number of aromatic nitrogens is 1. The van der Waals surface area contributed by atoms with Crippen LogP contribution in [-0.4, -0.2) is 4.57 Å². The van der Waals surface area contributed by atoms with Gasteiger partial charge in [-0.05, 0) is 89.0 Å². The smallest absolute Gasteiger partial charge is 0.143 e. The molecule has 268 valence electrons. The maximum Gasteiger partial charge on any atom is 0.143 e. The van der Waals surface area contributed by atoms with E-state index in [0.717, 1.165) is 66.9 Å². The van der Waals surface area contributed by atoms with Gasteiger partial charge in [-0.2, -0.15) is 0 Å². The number of furan rings is 1. The Balaban J connectivity index is 0.988. The minimum atomic E-state index is 0.894. The molecule has 9 aromatic carbocycles. The molecular weight excluding hydrogens is 693 g/mol. The Morgan fingerprint density at radius 2 is 0.789 bits per heavy atom. The molecule has 0 aliphatic carbocycles.